The lowest BCUT2D eigenvalue weighted by atomic mass is 10.1. The molecule has 1 amide bonds. The summed E-state index contributed by atoms with van der Waals surface area (Å²) in [4.78, 5) is 11.6. The molecule has 4 nitrogen and oxygen atoms in total. The van der Waals surface area contributed by atoms with Gasteiger partial charge in [0.15, 0.2) is 0 Å². The third kappa shape index (κ3) is 3.37. The van der Waals surface area contributed by atoms with E-state index in [0.717, 1.165) is 12.1 Å². The van der Waals surface area contributed by atoms with Crippen molar-refractivity contribution in [3.63, 3.8) is 0 Å². The van der Waals surface area contributed by atoms with E-state index in [2.05, 4.69) is 10.5 Å². The van der Waals surface area contributed by atoms with Gasteiger partial charge in [-0.15, -0.1) is 0 Å². The van der Waals surface area contributed by atoms with Gasteiger partial charge in [-0.2, -0.15) is 13.2 Å². The Bertz CT molecular complexity index is 603. The van der Waals surface area contributed by atoms with E-state index >= 15 is 0 Å². The smallest absolute Gasteiger partial charge is 0.351 e. The summed E-state index contributed by atoms with van der Waals surface area (Å²) in [5.41, 5.74) is 0.408. The first-order valence-electron chi connectivity index (χ1n) is 5.74. The van der Waals surface area contributed by atoms with Crippen molar-refractivity contribution in [3.8, 4) is 0 Å². The molecular formula is C13H11F3N2O2. The summed E-state index contributed by atoms with van der Waals surface area (Å²) in [6.07, 6.45) is -4.36. The number of carbonyl (C=O) groups is 1. The minimum absolute atomic E-state index is 0.0643. The van der Waals surface area contributed by atoms with Crippen LogP contribution in [0.2, 0.25) is 0 Å². The zero-order valence-corrected chi connectivity index (χ0v) is 10.5. The van der Waals surface area contributed by atoms with E-state index in [9.17, 15) is 18.0 Å². The predicted octanol–water partition coefficient (Wildman–Crippen LogP) is 2.93. The van der Waals surface area contributed by atoms with Crippen LogP contribution < -0.4 is 5.32 Å². The van der Waals surface area contributed by atoms with Crippen LogP contribution in [-0.2, 0) is 12.7 Å². The highest BCUT2D eigenvalue weighted by atomic mass is 19.4. The number of hydrogen-bond donors (Lipinski definition) is 1. The van der Waals surface area contributed by atoms with E-state index in [0.29, 0.717) is 11.3 Å². The molecule has 20 heavy (non-hydrogen) atoms. The summed E-state index contributed by atoms with van der Waals surface area (Å²) < 4.78 is 41.9. The second-order valence-electron chi connectivity index (χ2n) is 4.21. The number of amides is 1. The molecule has 106 valence electrons. The highest BCUT2D eigenvalue weighted by Crippen LogP contribution is 2.29. The fraction of sp³-hybridized carbons (Fsp3) is 0.231. The van der Waals surface area contributed by atoms with Crippen LogP contribution in [0.3, 0.4) is 0 Å². The second kappa shape index (κ2) is 5.36. The van der Waals surface area contributed by atoms with Gasteiger partial charge >= 0.3 is 6.18 Å². The number of halogens is 3. The Hall–Kier alpha value is -2.31. The third-order valence-corrected chi connectivity index (χ3v) is 2.59. The molecule has 1 heterocycles. The maximum atomic E-state index is 12.4. The summed E-state index contributed by atoms with van der Waals surface area (Å²) in [6.45, 7) is 1.78. The molecule has 0 spiro atoms. The molecule has 0 aliphatic carbocycles. The van der Waals surface area contributed by atoms with E-state index in [1.165, 1.54) is 18.2 Å². The van der Waals surface area contributed by atoms with Crippen LogP contribution in [0.1, 0.15) is 27.4 Å². The van der Waals surface area contributed by atoms with Gasteiger partial charge in [-0.3, -0.25) is 4.79 Å². The summed E-state index contributed by atoms with van der Waals surface area (Å²) in [5, 5.41) is 6.10. The molecule has 7 heteroatoms. The van der Waals surface area contributed by atoms with Crippen molar-refractivity contribution in [1.29, 1.82) is 0 Å². The van der Waals surface area contributed by atoms with Gasteiger partial charge in [0.2, 0.25) is 5.76 Å². The molecule has 1 aromatic carbocycles. The van der Waals surface area contributed by atoms with Crippen molar-refractivity contribution in [2.24, 2.45) is 0 Å². The summed E-state index contributed by atoms with van der Waals surface area (Å²) in [6, 6.07) is 6.05. The normalized spacial score (nSPS) is 11.4. The Labute approximate surface area is 112 Å². The van der Waals surface area contributed by atoms with Crippen LogP contribution in [-0.4, -0.2) is 11.1 Å². The molecular weight excluding hydrogens is 273 g/mol. The van der Waals surface area contributed by atoms with E-state index < -0.39 is 17.6 Å². The topological polar surface area (TPSA) is 55.1 Å². The first-order chi connectivity index (χ1) is 9.36. The highest BCUT2D eigenvalue weighted by molar-refractivity contribution is 5.91. The lowest BCUT2D eigenvalue weighted by Gasteiger charge is -2.08. The van der Waals surface area contributed by atoms with Crippen LogP contribution in [0.15, 0.2) is 34.9 Å². The first kappa shape index (κ1) is 14.1. The number of alkyl halides is 3. The van der Waals surface area contributed by atoms with Gasteiger partial charge in [-0.25, -0.2) is 0 Å². The summed E-state index contributed by atoms with van der Waals surface area (Å²) in [5.74, 6) is -0.403. The highest BCUT2D eigenvalue weighted by Gasteiger charge is 2.29. The monoisotopic (exact) mass is 284 g/mol. The van der Waals surface area contributed by atoms with E-state index in [1.54, 1.807) is 6.92 Å². The van der Waals surface area contributed by atoms with Crippen LogP contribution in [0, 0.1) is 6.92 Å². The molecule has 2 rings (SSSR count). The van der Waals surface area contributed by atoms with Crippen LogP contribution >= 0.6 is 0 Å². The Kier molecular flexibility index (Phi) is 3.78. The molecule has 0 aliphatic heterocycles. The largest absolute Gasteiger partial charge is 0.416 e. The van der Waals surface area contributed by atoms with Crippen molar-refractivity contribution in [3.05, 3.63) is 52.9 Å². The second-order valence-corrected chi connectivity index (χ2v) is 4.21. The lowest BCUT2D eigenvalue weighted by molar-refractivity contribution is -0.137. The molecule has 0 saturated heterocycles. The molecule has 1 N–H and O–H groups in total. The number of nitrogens with one attached hydrogen (secondary N) is 1. The molecule has 0 radical (unpaired) electrons. The van der Waals surface area contributed by atoms with Gasteiger partial charge in [-0.1, -0.05) is 17.3 Å². The summed E-state index contributed by atoms with van der Waals surface area (Å²) >= 11 is 0. The van der Waals surface area contributed by atoms with Crippen LogP contribution in [0.4, 0.5) is 13.2 Å². The quantitative estimate of drug-likeness (QED) is 0.942. The average Bonchev–Trinajstić information content (AvgIpc) is 2.82. The average molecular weight is 284 g/mol. The number of nitrogens with zero attached hydrogens (tertiary/aromatic N) is 1. The SMILES string of the molecule is Cc1cc(C(=O)NCc2ccc(C(F)(F)F)cc2)on1. The molecule has 0 unspecified atom stereocenters. The van der Waals surface area contributed by atoms with E-state index in [4.69, 9.17) is 4.52 Å². The Morgan fingerprint density at radius 3 is 2.45 bits per heavy atom. The maximum absolute atomic E-state index is 12.4. The van der Waals surface area contributed by atoms with Gasteiger partial charge in [0.25, 0.3) is 5.91 Å². The van der Waals surface area contributed by atoms with Crippen molar-refractivity contribution < 1.29 is 22.5 Å². The van der Waals surface area contributed by atoms with E-state index in [-0.39, 0.29) is 12.3 Å². The maximum Gasteiger partial charge on any atom is 0.416 e. The van der Waals surface area contributed by atoms with Gasteiger partial charge < -0.3 is 9.84 Å². The van der Waals surface area contributed by atoms with Crippen molar-refractivity contribution in [2.75, 3.05) is 0 Å². The van der Waals surface area contributed by atoms with Gasteiger partial charge in [-0.05, 0) is 24.6 Å². The van der Waals surface area contributed by atoms with Crippen molar-refractivity contribution >= 4 is 5.91 Å². The molecule has 0 bridgehead atoms. The Morgan fingerprint density at radius 1 is 1.30 bits per heavy atom. The minimum Gasteiger partial charge on any atom is -0.351 e. The number of rotatable bonds is 3. The van der Waals surface area contributed by atoms with Crippen molar-refractivity contribution in [1.82, 2.24) is 10.5 Å². The third-order valence-electron chi connectivity index (χ3n) is 2.59. The molecule has 0 saturated carbocycles. The zero-order valence-electron chi connectivity index (χ0n) is 10.5. The Balaban J connectivity index is 1.96. The standard InChI is InChI=1S/C13H11F3N2O2/c1-8-6-11(20-18-8)12(19)17-7-9-2-4-10(5-3-9)13(14,15)16/h2-6H,7H2,1H3,(H,17,19). The number of benzene rings is 1. The number of hydrogen-bond acceptors (Lipinski definition) is 3. The molecule has 0 aliphatic rings. The number of aromatic nitrogens is 1. The lowest BCUT2D eigenvalue weighted by Crippen LogP contribution is -2.22. The summed E-state index contributed by atoms with van der Waals surface area (Å²) in [7, 11) is 0. The van der Waals surface area contributed by atoms with Crippen LogP contribution in [0.25, 0.3) is 0 Å². The fourth-order valence-corrected chi connectivity index (χ4v) is 1.55. The van der Waals surface area contributed by atoms with Gasteiger partial charge in [0.05, 0.1) is 11.3 Å². The molecule has 1 aromatic heterocycles. The molecule has 2 aromatic rings. The first-order valence-corrected chi connectivity index (χ1v) is 5.74. The van der Waals surface area contributed by atoms with Gasteiger partial charge in [0.1, 0.15) is 0 Å². The van der Waals surface area contributed by atoms with Crippen LogP contribution in [0.5, 0.6) is 0 Å². The predicted molar refractivity (Wildman–Crippen MR) is 63.9 cm³/mol. The van der Waals surface area contributed by atoms with Gasteiger partial charge in [0, 0.05) is 12.6 Å². The zero-order chi connectivity index (χ0) is 14.8. The van der Waals surface area contributed by atoms with Crippen molar-refractivity contribution in [2.45, 2.75) is 19.6 Å². The fourth-order valence-electron chi connectivity index (χ4n) is 1.55. The molecule has 0 atom stereocenters. The number of carbonyl (C=O) groups excluding carboxylic acids is 1. The minimum atomic E-state index is -4.36. The number of aryl methyl sites for hydroxylation is 1. The van der Waals surface area contributed by atoms with E-state index in [1.807, 2.05) is 0 Å². The molecule has 0 fully saturated rings. The Morgan fingerprint density at radius 2 is 1.95 bits per heavy atom.